The fourth-order valence-electron chi connectivity index (χ4n) is 7.96. The van der Waals surface area contributed by atoms with Crippen molar-refractivity contribution in [2.24, 2.45) is 0 Å². The summed E-state index contributed by atoms with van der Waals surface area (Å²) in [5.74, 6) is 2.48. The summed E-state index contributed by atoms with van der Waals surface area (Å²) in [6, 6.07) is 71.3. The molecular weight excluding hydrogens is 709 g/mol. The van der Waals surface area contributed by atoms with Crippen LogP contribution >= 0.6 is 0 Å². The zero-order valence-corrected chi connectivity index (χ0v) is 31.3. The largest absolute Gasteiger partial charge is 0.292 e. The Hall–Kier alpha value is -7.96. The SMILES string of the molecule is c1ccc(-c2nc3cc(-c4ccc(-c5nc(-c6ccc7c(c6)nc(-c6ccccc6)n7-c6ccccc6)c6ccccc6n5)cc4)ccc3n2-c2ccccc2)cc1. The molecule has 272 valence electrons. The van der Waals surface area contributed by atoms with Gasteiger partial charge in [-0.05, 0) is 65.7 Å². The van der Waals surface area contributed by atoms with Crippen LogP contribution in [0.4, 0.5) is 0 Å². The molecule has 6 heteroatoms. The van der Waals surface area contributed by atoms with Gasteiger partial charge in [-0.2, -0.15) is 0 Å². The van der Waals surface area contributed by atoms with Crippen molar-refractivity contribution in [2.45, 2.75) is 0 Å². The lowest BCUT2D eigenvalue weighted by atomic mass is 10.0. The third-order valence-electron chi connectivity index (χ3n) is 10.8. The van der Waals surface area contributed by atoms with E-state index < -0.39 is 0 Å². The molecule has 0 aliphatic heterocycles. The maximum atomic E-state index is 5.25. The lowest BCUT2D eigenvalue weighted by Crippen LogP contribution is -1.97. The average molecular weight is 743 g/mol. The fraction of sp³-hybridized carbons (Fsp3) is 0. The molecule has 0 atom stereocenters. The minimum atomic E-state index is 0.671. The molecule has 0 amide bonds. The molecule has 0 unspecified atom stereocenters. The van der Waals surface area contributed by atoms with Crippen LogP contribution in [0.1, 0.15) is 0 Å². The summed E-state index contributed by atoms with van der Waals surface area (Å²) in [5, 5.41) is 0.992. The molecule has 8 aromatic carbocycles. The Kier molecular flexibility index (Phi) is 8.04. The summed E-state index contributed by atoms with van der Waals surface area (Å²) in [5.41, 5.74) is 14.1. The normalized spacial score (nSPS) is 11.4. The predicted molar refractivity (Wildman–Crippen MR) is 236 cm³/mol. The van der Waals surface area contributed by atoms with Crippen LogP contribution in [0.25, 0.3) is 101 Å². The lowest BCUT2D eigenvalue weighted by Gasteiger charge is -2.11. The number of aromatic nitrogens is 6. The highest BCUT2D eigenvalue weighted by molar-refractivity contribution is 5.96. The quantitative estimate of drug-likeness (QED) is 0.163. The third-order valence-corrected chi connectivity index (χ3v) is 10.8. The van der Waals surface area contributed by atoms with Crippen LogP contribution in [-0.4, -0.2) is 29.1 Å². The van der Waals surface area contributed by atoms with Gasteiger partial charge in [0.05, 0.1) is 33.3 Å². The number of hydrogen-bond donors (Lipinski definition) is 0. The fourth-order valence-corrected chi connectivity index (χ4v) is 7.96. The second-order valence-corrected chi connectivity index (χ2v) is 14.3. The molecule has 11 aromatic rings. The van der Waals surface area contributed by atoms with Crippen molar-refractivity contribution in [1.29, 1.82) is 0 Å². The molecule has 0 spiro atoms. The molecule has 58 heavy (non-hydrogen) atoms. The summed E-state index contributed by atoms with van der Waals surface area (Å²) >= 11 is 0. The van der Waals surface area contributed by atoms with Gasteiger partial charge < -0.3 is 0 Å². The van der Waals surface area contributed by atoms with Crippen LogP contribution in [0, 0.1) is 0 Å². The van der Waals surface area contributed by atoms with E-state index in [1.54, 1.807) is 0 Å². The lowest BCUT2D eigenvalue weighted by molar-refractivity contribution is 1.10. The highest BCUT2D eigenvalue weighted by Gasteiger charge is 2.19. The van der Waals surface area contributed by atoms with Crippen molar-refractivity contribution in [2.75, 3.05) is 0 Å². The minimum absolute atomic E-state index is 0.671. The van der Waals surface area contributed by atoms with Gasteiger partial charge in [0.15, 0.2) is 5.82 Å². The van der Waals surface area contributed by atoms with Crippen LogP contribution in [0.5, 0.6) is 0 Å². The van der Waals surface area contributed by atoms with Crippen LogP contribution in [-0.2, 0) is 0 Å². The number of benzene rings is 8. The molecule has 0 aliphatic rings. The molecule has 0 saturated carbocycles. The Bertz CT molecular complexity index is 3240. The predicted octanol–water partition coefficient (Wildman–Crippen LogP) is 12.6. The molecule has 0 saturated heterocycles. The van der Waals surface area contributed by atoms with E-state index in [1.807, 2.05) is 36.4 Å². The topological polar surface area (TPSA) is 61.4 Å². The molecule has 11 rings (SSSR count). The van der Waals surface area contributed by atoms with E-state index in [1.165, 1.54) is 0 Å². The first-order valence-corrected chi connectivity index (χ1v) is 19.4. The molecule has 0 fully saturated rings. The zero-order chi connectivity index (χ0) is 38.4. The van der Waals surface area contributed by atoms with Gasteiger partial charge in [-0.25, -0.2) is 19.9 Å². The minimum Gasteiger partial charge on any atom is -0.292 e. The second kappa shape index (κ2) is 14.0. The van der Waals surface area contributed by atoms with Crippen LogP contribution < -0.4 is 0 Å². The van der Waals surface area contributed by atoms with E-state index in [2.05, 4.69) is 179 Å². The standard InChI is InChI=1S/C52H34N6/c1-5-15-37(16-6-1)51-54-45-33-39(29-31-47(45)57(51)41-19-9-3-10-20-41)35-25-27-36(28-26-35)50-53-44-24-14-13-23-43(44)49(56-50)40-30-32-48-46(34-40)55-52(38-17-7-2-8-18-38)58(48)42-21-11-4-12-22-42/h1-34H. The van der Waals surface area contributed by atoms with Crippen LogP contribution in [0.2, 0.25) is 0 Å². The Morgan fingerprint density at radius 3 is 1.31 bits per heavy atom. The molecule has 3 heterocycles. The first kappa shape index (κ1) is 33.4. The number of hydrogen-bond acceptors (Lipinski definition) is 4. The third kappa shape index (κ3) is 5.83. The van der Waals surface area contributed by atoms with Crippen LogP contribution in [0.3, 0.4) is 0 Å². The number of rotatable bonds is 7. The van der Waals surface area contributed by atoms with Crippen molar-refractivity contribution in [1.82, 2.24) is 29.1 Å². The summed E-state index contributed by atoms with van der Waals surface area (Å²) in [6.07, 6.45) is 0. The van der Waals surface area contributed by atoms with Crippen molar-refractivity contribution >= 4 is 33.0 Å². The summed E-state index contributed by atoms with van der Waals surface area (Å²) in [7, 11) is 0. The maximum absolute atomic E-state index is 5.25. The van der Waals surface area contributed by atoms with Gasteiger partial charge in [0, 0.05) is 39.0 Å². The first-order chi connectivity index (χ1) is 28.7. The Morgan fingerprint density at radius 2 is 0.741 bits per heavy atom. The number of imidazole rings is 2. The maximum Gasteiger partial charge on any atom is 0.160 e. The van der Waals surface area contributed by atoms with E-state index in [-0.39, 0.29) is 0 Å². The summed E-state index contributed by atoms with van der Waals surface area (Å²) in [4.78, 5) is 20.7. The second-order valence-electron chi connectivity index (χ2n) is 14.3. The molecule has 3 aromatic heterocycles. The summed E-state index contributed by atoms with van der Waals surface area (Å²) in [6.45, 7) is 0. The van der Waals surface area contributed by atoms with Gasteiger partial charge in [0.1, 0.15) is 11.6 Å². The van der Waals surface area contributed by atoms with E-state index >= 15 is 0 Å². The van der Waals surface area contributed by atoms with Gasteiger partial charge in [0.25, 0.3) is 0 Å². The van der Waals surface area contributed by atoms with Gasteiger partial charge in [-0.15, -0.1) is 0 Å². The van der Waals surface area contributed by atoms with E-state index in [9.17, 15) is 0 Å². The Morgan fingerprint density at radius 1 is 0.293 bits per heavy atom. The van der Waals surface area contributed by atoms with Crippen molar-refractivity contribution < 1.29 is 0 Å². The van der Waals surface area contributed by atoms with Crippen molar-refractivity contribution in [3.05, 3.63) is 206 Å². The van der Waals surface area contributed by atoms with E-state index in [0.717, 1.165) is 95.1 Å². The molecule has 0 aliphatic carbocycles. The van der Waals surface area contributed by atoms with Crippen LogP contribution in [0.15, 0.2) is 206 Å². The molecule has 0 N–H and O–H groups in total. The highest BCUT2D eigenvalue weighted by atomic mass is 15.1. The monoisotopic (exact) mass is 742 g/mol. The zero-order valence-electron chi connectivity index (χ0n) is 31.3. The van der Waals surface area contributed by atoms with Gasteiger partial charge in [-0.1, -0.05) is 152 Å². The first-order valence-electron chi connectivity index (χ1n) is 19.4. The molecule has 6 nitrogen and oxygen atoms in total. The highest BCUT2D eigenvalue weighted by Crippen LogP contribution is 2.36. The molecular formula is C52H34N6. The molecule has 0 radical (unpaired) electrons. The van der Waals surface area contributed by atoms with Crippen molar-refractivity contribution in [3.63, 3.8) is 0 Å². The number of para-hydroxylation sites is 3. The average Bonchev–Trinajstić information content (AvgIpc) is 3.89. The van der Waals surface area contributed by atoms with Gasteiger partial charge in [-0.3, -0.25) is 9.13 Å². The Balaban J connectivity index is 0.981. The van der Waals surface area contributed by atoms with E-state index in [0.29, 0.717) is 5.82 Å². The van der Waals surface area contributed by atoms with Gasteiger partial charge >= 0.3 is 0 Å². The summed E-state index contributed by atoms with van der Waals surface area (Å²) < 4.78 is 4.47. The Labute approximate surface area is 335 Å². The number of fused-ring (bicyclic) bond motifs is 3. The van der Waals surface area contributed by atoms with E-state index in [4.69, 9.17) is 19.9 Å². The molecule has 0 bridgehead atoms. The smallest absolute Gasteiger partial charge is 0.160 e. The van der Waals surface area contributed by atoms with Crippen molar-refractivity contribution in [3.8, 4) is 67.9 Å². The number of nitrogens with zero attached hydrogens (tertiary/aromatic N) is 6. The van der Waals surface area contributed by atoms with Gasteiger partial charge in [0.2, 0.25) is 0 Å².